The summed E-state index contributed by atoms with van der Waals surface area (Å²) in [6.07, 6.45) is 1.76. The maximum atomic E-state index is 6.40. The lowest BCUT2D eigenvalue weighted by molar-refractivity contribution is 0.131. The van der Waals surface area contributed by atoms with Gasteiger partial charge in [0.1, 0.15) is 18.1 Å². The van der Waals surface area contributed by atoms with E-state index in [1.54, 1.807) is 31.4 Å². The number of hydrogen-bond donors (Lipinski definition) is 1. The number of nitrogens with zero attached hydrogens (tertiary/aromatic N) is 1. The van der Waals surface area contributed by atoms with Gasteiger partial charge in [0, 0.05) is 26.9 Å². The SMILES string of the molecule is COc1ccc2cc(C(/C=C(\N)c3cc(Cl)cc(Cl)c3)=N\OCc3ccccc3)ccc2c1. The average Bonchev–Trinajstić information content (AvgIpc) is 2.82. The number of oxime groups is 1. The predicted octanol–water partition coefficient (Wildman–Crippen LogP) is 7.08. The number of fused-ring (bicyclic) bond motifs is 1. The molecule has 0 saturated carbocycles. The lowest BCUT2D eigenvalue weighted by Gasteiger charge is -2.09. The monoisotopic (exact) mass is 476 g/mol. The Morgan fingerprint density at radius 1 is 0.848 bits per heavy atom. The average molecular weight is 477 g/mol. The number of benzene rings is 4. The van der Waals surface area contributed by atoms with E-state index in [2.05, 4.69) is 5.16 Å². The van der Waals surface area contributed by atoms with Gasteiger partial charge < -0.3 is 15.3 Å². The van der Waals surface area contributed by atoms with Gasteiger partial charge in [0.15, 0.2) is 0 Å². The Hall–Kier alpha value is -3.47. The van der Waals surface area contributed by atoms with Crippen molar-refractivity contribution in [2.24, 2.45) is 10.9 Å². The van der Waals surface area contributed by atoms with Crippen molar-refractivity contribution in [3.05, 3.63) is 118 Å². The molecule has 4 aromatic rings. The molecule has 0 aliphatic carbocycles. The minimum absolute atomic E-state index is 0.339. The second-order valence-electron chi connectivity index (χ2n) is 7.42. The largest absolute Gasteiger partial charge is 0.497 e. The number of nitrogens with two attached hydrogens (primary N) is 1. The molecule has 0 fully saturated rings. The van der Waals surface area contributed by atoms with Crippen molar-refractivity contribution in [3.8, 4) is 5.75 Å². The minimum Gasteiger partial charge on any atom is -0.497 e. The van der Waals surface area contributed by atoms with Crippen LogP contribution in [0.15, 0.2) is 96.2 Å². The first-order valence-electron chi connectivity index (χ1n) is 10.3. The van der Waals surface area contributed by atoms with Crippen LogP contribution in [0, 0.1) is 0 Å². The molecule has 4 nitrogen and oxygen atoms in total. The summed E-state index contributed by atoms with van der Waals surface area (Å²) >= 11 is 12.3. The first-order valence-corrected chi connectivity index (χ1v) is 11.0. The molecule has 0 bridgehead atoms. The van der Waals surface area contributed by atoms with Gasteiger partial charge in [-0.3, -0.25) is 0 Å². The van der Waals surface area contributed by atoms with Gasteiger partial charge in [-0.2, -0.15) is 0 Å². The van der Waals surface area contributed by atoms with Crippen molar-refractivity contribution < 1.29 is 9.57 Å². The summed E-state index contributed by atoms with van der Waals surface area (Å²) < 4.78 is 5.32. The van der Waals surface area contributed by atoms with Crippen LogP contribution in [0.1, 0.15) is 16.7 Å². The summed E-state index contributed by atoms with van der Waals surface area (Å²) in [5.41, 5.74) is 10.0. The van der Waals surface area contributed by atoms with Gasteiger partial charge >= 0.3 is 0 Å². The van der Waals surface area contributed by atoms with Crippen molar-refractivity contribution in [2.45, 2.75) is 6.61 Å². The fourth-order valence-corrected chi connectivity index (χ4v) is 3.90. The van der Waals surface area contributed by atoms with E-state index < -0.39 is 0 Å². The lowest BCUT2D eigenvalue weighted by atomic mass is 10.0. The minimum atomic E-state index is 0.339. The quantitative estimate of drug-likeness (QED) is 0.229. The highest BCUT2D eigenvalue weighted by Gasteiger charge is 2.08. The second-order valence-corrected chi connectivity index (χ2v) is 8.29. The van der Waals surface area contributed by atoms with Gasteiger partial charge in [-0.15, -0.1) is 0 Å². The molecule has 0 radical (unpaired) electrons. The lowest BCUT2D eigenvalue weighted by Crippen LogP contribution is -2.05. The topological polar surface area (TPSA) is 56.8 Å². The fraction of sp³-hybridized carbons (Fsp3) is 0.0741. The number of allylic oxidation sites excluding steroid dienone is 1. The molecule has 0 heterocycles. The zero-order chi connectivity index (χ0) is 23.2. The van der Waals surface area contributed by atoms with Crippen LogP contribution in [0.25, 0.3) is 16.5 Å². The van der Waals surface area contributed by atoms with Gasteiger partial charge in [-0.05, 0) is 58.8 Å². The number of ether oxygens (including phenoxy) is 1. The van der Waals surface area contributed by atoms with Gasteiger partial charge in [0.25, 0.3) is 0 Å². The van der Waals surface area contributed by atoms with Crippen LogP contribution in [0.2, 0.25) is 10.0 Å². The standard InChI is InChI=1S/C27H22Cl2N2O2/c1-32-25-10-9-19-11-21(8-7-20(19)14-25)27(31-33-17-18-5-3-2-4-6-18)16-26(30)22-12-23(28)15-24(29)13-22/h2-16H,17,30H2,1H3/b26-16-,31-27-. The van der Waals surface area contributed by atoms with E-state index in [0.717, 1.165) is 27.6 Å². The Balaban J connectivity index is 1.71. The Bertz CT molecular complexity index is 1310. The van der Waals surface area contributed by atoms with Crippen LogP contribution in [0.4, 0.5) is 0 Å². The van der Waals surface area contributed by atoms with Gasteiger partial charge in [0.2, 0.25) is 0 Å². The molecule has 0 aromatic heterocycles. The highest BCUT2D eigenvalue weighted by Crippen LogP contribution is 2.25. The Morgan fingerprint density at radius 2 is 1.55 bits per heavy atom. The van der Waals surface area contributed by atoms with E-state index in [4.69, 9.17) is 38.5 Å². The first-order chi connectivity index (χ1) is 16.0. The summed E-state index contributed by atoms with van der Waals surface area (Å²) in [6.45, 7) is 0.339. The molecule has 4 rings (SSSR count). The highest BCUT2D eigenvalue weighted by molar-refractivity contribution is 6.35. The summed E-state index contributed by atoms with van der Waals surface area (Å²) in [5.74, 6) is 0.803. The van der Waals surface area contributed by atoms with E-state index in [-0.39, 0.29) is 0 Å². The maximum absolute atomic E-state index is 6.40. The summed E-state index contributed by atoms with van der Waals surface area (Å²) in [5, 5.41) is 7.52. The molecule has 0 atom stereocenters. The molecule has 0 aliphatic rings. The van der Waals surface area contributed by atoms with Crippen LogP contribution in [-0.2, 0) is 11.4 Å². The number of halogens is 2. The first kappa shape index (κ1) is 22.7. The van der Waals surface area contributed by atoms with Crippen molar-refractivity contribution in [1.82, 2.24) is 0 Å². The molecular weight excluding hydrogens is 455 g/mol. The van der Waals surface area contributed by atoms with Crippen molar-refractivity contribution in [2.75, 3.05) is 7.11 Å². The molecule has 0 amide bonds. The number of rotatable bonds is 7. The fourth-order valence-electron chi connectivity index (χ4n) is 3.37. The van der Waals surface area contributed by atoms with Crippen LogP contribution in [0.5, 0.6) is 5.75 Å². The molecule has 0 spiro atoms. The Labute approximate surface area is 202 Å². The van der Waals surface area contributed by atoms with Gasteiger partial charge in [-0.25, -0.2) is 0 Å². The Kier molecular flexibility index (Phi) is 7.18. The zero-order valence-electron chi connectivity index (χ0n) is 18.0. The van der Waals surface area contributed by atoms with Crippen LogP contribution < -0.4 is 10.5 Å². The highest BCUT2D eigenvalue weighted by atomic mass is 35.5. The third-order valence-electron chi connectivity index (χ3n) is 5.07. The molecule has 2 N–H and O–H groups in total. The molecule has 4 aromatic carbocycles. The van der Waals surface area contributed by atoms with E-state index in [1.807, 2.05) is 66.7 Å². The van der Waals surface area contributed by atoms with E-state index in [9.17, 15) is 0 Å². The maximum Gasteiger partial charge on any atom is 0.142 e. The smallest absolute Gasteiger partial charge is 0.142 e. The summed E-state index contributed by atoms with van der Waals surface area (Å²) in [4.78, 5) is 5.68. The number of methoxy groups -OCH3 is 1. The van der Waals surface area contributed by atoms with Crippen molar-refractivity contribution in [1.29, 1.82) is 0 Å². The Morgan fingerprint density at radius 3 is 2.27 bits per heavy atom. The van der Waals surface area contributed by atoms with E-state index >= 15 is 0 Å². The third-order valence-corrected chi connectivity index (χ3v) is 5.50. The van der Waals surface area contributed by atoms with Crippen LogP contribution in [0.3, 0.4) is 0 Å². The molecule has 166 valence electrons. The molecular formula is C27H22Cl2N2O2. The van der Waals surface area contributed by atoms with Crippen molar-refractivity contribution >= 4 is 45.4 Å². The molecule has 0 unspecified atom stereocenters. The second kappa shape index (κ2) is 10.4. The van der Waals surface area contributed by atoms with E-state index in [0.29, 0.717) is 33.6 Å². The molecule has 6 heteroatoms. The summed E-state index contributed by atoms with van der Waals surface area (Å²) in [6, 6.07) is 27.0. The third kappa shape index (κ3) is 5.86. The van der Waals surface area contributed by atoms with E-state index in [1.165, 1.54) is 0 Å². The predicted molar refractivity (Wildman–Crippen MR) is 137 cm³/mol. The summed E-state index contributed by atoms with van der Waals surface area (Å²) in [7, 11) is 1.65. The van der Waals surface area contributed by atoms with Crippen molar-refractivity contribution in [3.63, 3.8) is 0 Å². The zero-order valence-corrected chi connectivity index (χ0v) is 19.5. The number of hydrogen-bond acceptors (Lipinski definition) is 4. The van der Waals surface area contributed by atoms with Gasteiger partial charge in [0.05, 0.1) is 7.11 Å². The molecule has 33 heavy (non-hydrogen) atoms. The van der Waals surface area contributed by atoms with Crippen LogP contribution >= 0.6 is 23.2 Å². The van der Waals surface area contributed by atoms with Gasteiger partial charge in [-0.1, -0.05) is 76.9 Å². The molecule has 0 saturated heterocycles. The van der Waals surface area contributed by atoms with Crippen LogP contribution in [-0.4, -0.2) is 12.8 Å². The normalized spacial score (nSPS) is 12.1. The molecule has 0 aliphatic heterocycles.